The molecule has 0 amide bonds. The minimum Gasteiger partial charge on any atom is -0.328 e. The molecule has 2 N–H and O–H groups in total. The van der Waals surface area contributed by atoms with E-state index in [0.717, 1.165) is 29.3 Å². The predicted molar refractivity (Wildman–Crippen MR) is 66.0 cm³/mol. The third-order valence-electron chi connectivity index (χ3n) is 2.46. The fourth-order valence-corrected chi connectivity index (χ4v) is 1.84. The third-order valence-corrected chi connectivity index (χ3v) is 2.46. The number of nitrogens with two attached hydrogens (primary N) is 1. The van der Waals surface area contributed by atoms with E-state index < -0.39 is 0 Å². The van der Waals surface area contributed by atoms with Crippen LogP contribution < -0.4 is 5.73 Å². The van der Waals surface area contributed by atoms with Crippen LogP contribution in [0.25, 0.3) is 5.69 Å². The molecule has 0 aliphatic rings. The van der Waals surface area contributed by atoms with Crippen molar-refractivity contribution >= 4 is 0 Å². The second-order valence-electron chi connectivity index (χ2n) is 4.35. The highest BCUT2D eigenvalue weighted by atomic mass is 15.3. The van der Waals surface area contributed by atoms with Crippen LogP contribution in [0.2, 0.25) is 0 Å². The van der Waals surface area contributed by atoms with E-state index in [1.165, 1.54) is 0 Å². The van der Waals surface area contributed by atoms with Gasteiger partial charge in [0.25, 0.3) is 0 Å². The molecule has 0 spiro atoms. The van der Waals surface area contributed by atoms with E-state index in [2.05, 4.69) is 21.1 Å². The Kier molecular flexibility index (Phi) is 3.19. The van der Waals surface area contributed by atoms with Crippen LogP contribution in [0.15, 0.2) is 18.5 Å². The van der Waals surface area contributed by atoms with E-state index in [1.54, 1.807) is 10.9 Å². The maximum Gasteiger partial charge on any atom is 0.148 e. The molecule has 0 fully saturated rings. The standard InChI is InChI=1S/C12H17N5/c1-8(13)4-11-5-12(7-14-6-11)17-10(3)15-9(2)16-17/h5-8H,4,13H2,1-3H3. The van der Waals surface area contributed by atoms with Gasteiger partial charge < -0.3 is 5.73 Å². The molecule has 0 saturated carbocycles. The first-order valence-electron chi connectivity index (χ1n) is 5.66. The molecule has 5 nitrogen and oxygen atoms in total. The van der Waals surface area contributed by atoms with Crippen LogP contribution in [0.5, 0.6) is 0 Å². The van der Waals surface area contributed by atoms with Crippen molar-refractivity contribution in [2.75, 3.05) is 0 Å². The Morgan fingerprint density at radius 1 is 1.35 bits per heavy atom. The van der Waals surface area contributed by atoms with Crippen molar-refractivity contribution in [3.63, 3.8) is 0 Å². The number of aromatic nitrogens is 4. The molecule has 0 aromatic carbocycles. The van der Waals surface area contributed by atoms with Gasteiger partial charge in [-0.25, -0.2) is 9.67 Å². The molecule has 90 valence electrons. The summed E-state index contributed by atoms with van der Waals surface area (Å²) in [5.74, 6) is 1.63. The van der Waals surface area contributed by atoms with Gasteiger partial charge >= 0.3 is 0 Å². The molecular formula is C12H17N5. The van der Waals surface area contributed by atoms with Gasteiger partial charge in [0.05, 0.1) is 11.9 Å². The van der Waals surface area contributed by atoms with Gasteiger partial charge in [-0.2, -0.15) is 5.10 Å². The largest absolute Gasteiger partial charge is 0.328 e. The molecule has 2 heterocycles. The highest BCUT2D eigenvalue weighted by Gasteiger charge is 2.07. The average Bonchev–Trinajstić information content (AvgIpc) is 2.57. The van der Waals surface area contributed by atoms with E-state index >= 15 is 0 Å². The van der Waals surface area contributed by atoms with Crippen molar-refractivity contribution < 1.29 is 0 Å². The molecule has 2 aromatic heterocycles. The summed E-state index contributed by atoms with van der Waals surface area (Å²) in [5.41, 5.74) is 7.83. The summed E-state index contributed by atoms with van der Waals surface area (Å²) in [6.45, 7) is 5.79. The first-order chi connectivity index (χ1) is 8.06. The Morgan fingerprint density at radius 3 is 2.71 bits per heavy atom. The van der Waals surface area contributed by atoms with Gasteiger partial charge in [-0.1, -0.05) is 0 Å². The Labute approximate surface area is 101 Å². The minimum absolute atomic E-state index is 0.130. The number of pyridine rings is 1. The lowest BCUT2D eigenvalue weighted by molar-refractivity contribution is 0.732. The van der Waals surface area contributed by atoms with Crippen molar-refractivity contribution in [1.29, 1.82) is 0 Å². The smallest absolute Gasteiger partial charge is 0.148 e. The fourth-order valence-electron chi connectivity index (χ4n) is 1.84. The summed E-state index contributed by atoms with van der Waals surface area (Å²) in [5, 5.41) is 4.34. The number of hydrogen-bond acceptors (Lipinski definition) is 4. The molecule has 0 bridgehead atoms. The first kappa shape index (κ1) is 11.7. The highest BCUT2D eigenvalue weighted by Crippen LogP contribution is 2.11. The van der Waals surface area contributed by atoms with Crippen LogP contribution in [-0.4, -0.2) is 25.8 Å². The topological polar surface area (TPSA) is 69.6 Å². The lowest BCUT2D eigenvalue weighted by atomic mass is 10.1. The molecule has 2 aromatic rings. The van der Waals surface area contributed by atoms with Crippen molar-refractivity contribution in [3.8, 4) is 5.69 Å². The summed E-state index contributed by atoms with van der Waals surface area (Å²) < 4.78 is 1.80. The molecule has 0 aliphatic heterocycles. The molecule has 0 radical (unpaired) electrons. The van der Waals surface area contributed by atoms with Gasteiger partial charge in [0.1, 0.15) is 11.6 Å². The van der Waals surface area contributed by atoms with Gasteiger partial charge in [0.2, 0.25) is 0 Å². The number of rotatable bonds is 3. The molecule has 0 aliphatic carbocycles. The average molecular weight is 231 g/mol. The molecule has 17 heavy (non-hydrogen) atoms. The maximum atomic E-state index is 5.78. The second-order valence-corrected chi connectivity index (χ2v) is 4.35. The van der Waals surface area contributed by atoms with Crippen LogP contribution in [-0.2, 0) is 6.42 Å². The number of aryl methyl sites for hydroxylation is 2. The lowest BCUT2D eigenvalue weighted by Crippen LogP contribution is -2.18. The summed E-state index contributed by atoms with van der Waals surface area (Å²) in [7, 11) is 0. The fraction of sp³-hybridized carbons (Fsp3) is 0.417. The second kappa shape index (κ2) is 4.63. The zero-order chi connectivity index (χ0) is 12.4. The number of nitrogens with zero attached hydrogens (tertiary/aromatic N) is 4. The summed E-state index contributed by atoms with van der Waals surface area (Å²) >= 11 is 0. The van der Waals surface area contributed by atoms with Crippen molar-refractivity contribution in [2.45, 2.75) is 33.2 Å². The van der Waals surface area contributed by atoms with E-state index in [4.69, 9.17) is 5.73 Å². The van der Waals surface area contributed by atoms with Gasteiger partial charge in [0, 0.05) is 12.2 Å². The Morgan fingerprint density at radius 2 is 2.12 bits per heavy atom. The molecular weight excluding hydrogens is 214 g/mol. The number of hydrogen-bond donors (Lipinski definition) is 1. The van der Waals surface area contributed by atoms with E-state index in [1.807, 2.05) is 27.0 Å². The van der Waals surface area contributed by atoms with Gasteiger partial charge in [-0.05, 0) is 38.8 Å². The van der Waals surface area contributed by atoms with Gasteiger partial charge in [-0.15, -0.1) is 0 Å². The summed E-state index contributed by atoms with van der Waals surface area (Å²) in [6, 6.07) is 2.18. The highest BCUT2D eigenvalue weighted by molar-refractivity contribution is 5.32. The predicted octanol–water partition coefficient (Wildman–Crippen LogP) is 1.17. The minimum atomic E-state index is 0.130. The van der Waals surface area contributed by atoms with E-state index in [-0.39, 0.29) is 6.04 Å². The van der Waals surface area contributed by atoms with Crippen LogP contribution >= 0.6 is 0 Å². The van der Waals surface area contributed by atoms with Crippen LogP contribution in [0.1, 0.15) is 24.1 Å². The Balaban J connectivity index is 2.36. The van der Waals surface area contributed by atoms with E-state index in [9.17, 15) is 0 Å². The van der Waals surface area contributed by atoms with Crippen molar-refractivity contribution in [2.24, 2.45) is 5.73 Å². The first-order valence-corrected chi connectivity index (χ1v) is 5.66. The normalized spacial score (nSPS) is 12.7. The Bertz CT molecular complexity index is 515. The zero-order valence-electron chi connectivity index (χ0n) is 10.4. The maximum absolute atomic E-state index is 5.78. The monoisotopic (exact) mass is 231 g/mol. The van der Waals surface area contributed by atoms with Crippen LogP contribution in [0.4, 0.5) is 0 Å². The SMILES string of the molecule is Cc1nc(C)n(-c2cncc(CC(C)N)c2)n1. The zero-order valence-corrected chi connectivity index (χ0v) is 10.4. The van der Waals surface area contributed by atoms with Gasteiger partial charge in [-0.3, -0.25) is 4.98 Å². The summed E-state index contributed by atoms with van der Waals surface area (Å²) in [4.78, 5) is 8.50. The van der Waals surface area contributed by atoms with Crippen LogP contribution in [0.3, 0.4) is 0 Å². The lowest BCUT2D eigenvalue weighted by Gasteiger charge is -2.07. The van der Waals surface area contributed by atoms with Crippen LogP contribution in [0, 0.1) is 13.8 Å². The molecule has 0 saturated heterocycles. The third kappa shape index (κ3) is 2.68. The Hall–Kier alpha value is -1.75. The van der Waals surface area contributed by atoms with E-state index in [0.29, 0.717) is 0 Å². The molecule has 5 heteroatoms. The molecule has 1 unspecified atom stereocenters. The van der Waals surface area contributed by atoms with Crippen molar-refractivity contribution in [3.05, 3.63) is 35.7 Å². The quantitative estimate of drug-likeness (QED) is 0.860. The molecule has 2 rings (SSSR count). The van der Waals surface area contributed by atoms with Gasteiger partial charge in [0.15, 0.2) is 0 Å². The summed E-state index contributed by atoms with van der Waals surface area (Å²) in [6.07, 6.45) is 4.44. The molecule has 1 atom stereocenters. The van der Waals surface area contributed by atoms with Crippen molar-refractivity contribution in [1.82, 2.24) is 19.7 Å².